The molecule has 26 heavy (non-hydrogen) atoms. The van der Waals surface area contributed by atoms with E-state index in [1.807, 2.05) is 0 Å². The van der Waals surface area contributed by atoms with Gasteiger partial charge in [0.1, 0.15) is 17.4 Å². The third-order valence-electron chi connectivity index (χ3n) is 3.87. The summed E-state index contributed by atoms with van der Waals surface area (Å²) in [4.78, 5) is 12.3. The summed E-state index contributed by atoms with van der Waals surface area (Å²) in [6.07, 6.45) is 0.938. The number of hydrogen-bond acceptors (Lipinski definition) is 6. The Morgan fingerprint density at radius 3 is 2.77 bits per heavy atom. The fourth-order valence-electron chi connectivity index (χ4n) is 2.45. The second-order valence-corrected chi connectivity index (χ2v) is 7.48. The number of carbonyl (C=O) groups is 1. The molecular formula is C17H18N2O6S. The first-order chi connectivity index (χ1) is 12.4. The molecule has 0 spiro atoms. The molecule has 0 aliphatic heterocycles. The predicted molar refractivity (Wildman–Crippen MR) is 93.1 cm³/mol. The zero-order valence-corrected chi connectivity index (χ0v) is 14.7. The number of hydrogen-bond donors (Lipinski definition) is 3. The summed E-state index contributed by atoms with van der Waals surface area (Å²) >= 11 is 0. The van der Waals surface area contributed by atoms with Gasteiger partial charge in [-0.3, -0.25) is 4.79 Å². The first-order valence-electron chi connectivity index (χ1n) is 7.87. The van der Waals surface area contributed by atoms with Crippen molar-refractivity contribution in [1.82, 2.24) is 10.0 Å². The highest BCUT2D eigenvalue weighted by Crippen LogP contribution is 2.23. The molecule has 0 aliphatic rings. The van der Waals surface area contributed by atoms with Crippen LogP contribution in [0.4, 0.5) is 0 Å². The maximum absolute atomic E-state index is 12.2. The summed E-state index contributed by atoms with van der Waals surface area (Å²) in [7, 11) is -2.25. The van der Waals surface area contributed by atoms with Crippen LogP contribution in [0.5, 0.6) is 0 Å². The Labute approximate surface area is 149 Å². The van der Waals surface area contributed by atoms with Gasteiger partial charge in [0.25, 0.3) is 5.91 Å². The monoisotopic (exact) mass is 378 g/mol. The number of benzene rings is 1. The van der Waals surface area contributed by atoms with Crippen LogP contribution in [0.2, 0.25) is 0 Å². The molecule has 9 heteroatoms. The molecule has 8 nitrogen and oxygen atoms in total. The van der Waals surface area contributed by atoms with E-state index in [9.17, 15) is 18.3 Å². The van der Waals surface area contributed by atoms with Gasteiger partial charge in [0, 0.05) is 11.9 Å². The number of aliphatic hydroxyl groups is 1. The van der Waals surface area contributed by atoms with Crippen molar-refractivity contribution < 1.29 is 27.2 Å². The number of carbonyl (C=O) groups excluding carboxylic acids is 1. The van der Waals surface area contributed by atoms with Gasteiger partial charge in [-0.05, 0) is 49.9 Å². The predicted octanol–water partition coefficient (Wildman–Crippen LogP) is 1.79. The van der Waals surface area contributed by atoms with Crippen molar-refractivity contribution in [3.63, 3.8) is 0 Å². The highest BCUT2D eigenvalue weighted by atomic mass is 32.2. The van der Waals surface area contributed by atoms with E-state index in [0.29, 0.717) is 16.7 Å². The van der Waals surface area contributed by atoms with Crippen molar-refractivity contribution in [2.75, 3.05) is 13.6 Å². The second kappa shape index (κ2) is 7.32. The van der Waals surface area contributed by atoms with Gasteiger partial charge in [-0.2, -0.15) is 0 Å². The fourth-order valence-corrected chi connectivity index (χ4v) is 3.22. The van der Waals surface area contributed by atoms with E-state index in [-0.39, 0.29) is 23.6 Å². The van der Waals surface area contributed by atoms with Crippen LogP contribution in [-0.2, 0) is 10.0 Å². The SMILES string of the molecule is CNS(=O)(=O)c1ccc2oc(C(=O)NCCC(O)c3ccco3)cc2c1. The van der Waals surface area contributed by atoms with E-state index in [1.165, 1.54) is 37.6 Å². The number of amides is 1. The Kier molecular flexibility index (Phi) is 5.12. The van der Waals surface area contributed by atoms with Gasteiger partial charge in [-0.25, -0.2) is 13.1 Å². The molecule has 3 rings (SSSR count). The molecule has 0 radical (unpaired) electrons. The molecule has 0 fully saturated rings. The lowest BCUT2D eigenvalue weighted by Crippen LogP contribution is -2.25. The zero-order valence-electron chi connectivity index (χ0n) is 13.9. The quantitative estimate of drug-likeness (QED) is 0.576. The first kappa shape index (κ1) is 18.2. The van der Waals surface area contributed by atoms with E-state index >= 15 is 0 Å². The minimum absolute atomic E-state index is 0.0616. The maximum Gasteiger partial charge on any atom is 0.287 e. The topological polar surface area (TPSA) is 122 Å². The summed E-state index contributed by atoms with van der Waals surface area (Å²) in [5, 5.41) is 13.1. The Morgan fingerprint density at radius 2 is 2.08 bits per heavy atom. The molecule has 1 atom stereocenters. The van der Waals surface area contributed by atoms with E-state index in [1.54, 1.807) is 12.1 Å². The lowest BCUT2D eigenvalue weighted by Gasteiger charge is -2.07. The molecule has 0 bridgehead atoms. The minimum atomic E-state index is -3.57. The van der Waals surface area contributed by atoms with Gasteiger partial charge in [0.15, 0.2) is 5.76 Å². The molecule has 1 aromatic carbocycles. The van der Waals surface area contributed by atoms with Crippen molar-refractivity contribution in [2.24, 2.45) is 0 Å². The molecule has 0 saturated heterocycles. The minimum Gasteiger partial charge on any atom is -0.467 e. The van der Waals surface area contributed by atoms with E-state index in [2.05, 4.69) is 10.0 Å². The third kappa shape index (κ3) is 3.79. The largest absolute Gasteiger partial charge is 0.467 e. The summed E-state index contributed by atoms with van der Waals surface area (Å²) in [5.41, 5.74) is 0.404. The van der Waals surface area contributed by atoms with Crippen LogP contribution in [-0.4, -0.2) is 33.0 Å². The summed E-state index contributed by atoms with van der Waals surface area (Å²) in [6, 6.07) is 9.14. The Hall–Kier alpha value is -2.62. The second-order valence-electron chi connectivity index (χ2n) is 5.59. The summed E-state index contributed by atoms with van der Waals surface area (Å²) < 4.78 is 36.4. The average molecular weight is 378 g/mol. The number of aliphatic hydroxyl groups excluding tert-OH is 1. The number of rotatable bonds is 7. The molecule has 0 saturated carbocycles. The Bertz CT molecular complexity index is 1010. The highest BCUT2D eigenvalue weighted by molar-refractivity contribution is 7.89. The average Bonchev–Trinajstić information content (AvgIpc) is 3.30. The van der Waals surface area contributed by atoms with E-state index < -0.39 is 22.0 Å². The third-order valence-corrected chi connectivity index (χ3v) is 5.28. The lowest BCUT2D eigenvalue weighted by atomic mass is 10.2. The van der Waals surface area contributed by atoms with Crippen LogP contribution in [0.3, 0.4) is 0 Å². The Morgan fingerprint density at radius 1 is 1.27 bits per heavy atom. The molecule has 138 valence electrons. The summed E-state index contributed by atoms with van der Waals surface area (Å²) in [5.74, 6) is 0.0404. The number of fused-ring (bicyclic) bond motifs is 1. The standard InChI is InChI=1S/C17H18N2O6S/c1-18-26(22,23)12-4-5-14-11(9-12)10-16(25-14)17(21)19-7-6-13(20)15-3-2-8-24-15/h2-5,8-10,13,18,20H,6-7H2,1H3,(H,19,21). The smallest absolute Gasteiger partial charge is 0.287 e. The molecule has 1 amide bonds. The van der Waals surface area contributed by atoms with Crippen LogP contribution in [0.15, 0.2) is 56.4 Å². The molecule has 3 aromatic rings. The van der Waals surface area contributed by atoms with Crippen LogP contribution in [0, 0.1) is 0 Å². The van der Waals surface area contributed by atoms with E-state index in [4.69, 9.17) is 8.83 Å². The van der Waals surface area contributed by atoms with Crippen molar-refractivity contribution in [3.8, 4) is 0 Å². The number of nitrogens with one attached hydrogen (secondary N) is 2. The normalized spacial score (nSPS) is 13.0. The van der Waals surface area contributed by atoms with Crippen LogP contribution < -0.4 is 10.0 Å². The van der Waals surface area contributed by atoms with E-state index in [0.717, 1.165) is 0 Å². The summed E-state index contributed by atoms with van der Waals surface area (Å²) in [6.45, 7) is 0.219. The van der Waals surface area contributed by atoms with Gasteiger partial charge < -0.3 is 19.3 Å². The van der Waals surface area contributed by atoms with Gasteiger partial charge in [-0.1, -0.05) is 0 Å². The van der Waals surface area contributed by atoms with Crippen LogP contribution in [0.1, 0.15) is 28.8 Å². The van der Waals surface area contributed by atoms with Gasteiger partial charge in [0.05, 0.1) is 11.2 Å². The lowest BCUT2D eigenvalue weighted by molar-refractivity contribution is 0.0911. The molecule has 3 N–H and O–H groups in total. The van der Waals surface area contributed by atoms with Crippen LogP contribution in [0.25, 0.3) is 11.0 Å². The van der Waals surface area contributed by atoms with Crippen molar-refractivity contribution in [3.05, 3.63) is 54.2 Å². The molecule has 0 aliphatic carbocycles. The molecular weight excluding hydrogens is 360 g/mol. The van der Waals surface area contributed by atoms with Crippen LogP contribution >= 0.6 is 0 Å². The van der Waals surface area contributed by atoms with Crippen molar-refractivity contribution in [2.45, 2.75) is 17.4 Å². The first-order valence-corrected chi connectivity index (χ1v) is 9.36. The fraction of sp³-hybridized carbons (Fsp3) is 0.235. The molecule has 2 aromatic heterocycles. The highest BCUT2D eigenvalue weighted by Gasteiger charge is 2.17. The number of sulfonamides is 1. The van der Waals surface area contributed by atoms with Gasteiger partial charge in [-0.15, -0.1) is 0 Å². The van der Waals surface area contributed by atoms with Gasteiger partial charge >= 0.3 is 0 Å². The Balaban J connectivity index is 1.67. The number of furan rings is 2. The molecule has 2 heterocycles. The maximum atomic E-state index is 12.2. The molecule has 1 unspecified atom stereocenters. The van der Waals surface area contributed by atoms with Crippen molar-refractivity contribution >= 4 is 26.9 Å². The van der Waals surface area contributed by atoms with Crippen molar-refractivity contribution in [1.29, 1.82) is 0 Å². The zero-order chi connectivity index (χ0) is 18.7. The van der Waals surface area contributed by atoms with Gasteiger partial charge in [0.2, 0.25) is 10.0 Å².